The summed E-state index contributed by atoms with van der Waals surface area (Å²) in [7, 11) is 3.16. The molecule has 2 atom stereocenters. The summed E-state index contributed by atoms with van der Waals surface area (Å²) in [4.78, 5) is 21.9. The summed E-state index contributed by atoms with van der Waals surface area (Å²) in [6, 6.07) is 8.72. The first-order chi connectivity index (χ1) is 15.5. The number of aryl methyl sites for hydroxylation is 1. The molecule has 0 aliphatic carbocycles. The normalized spacial score (nSPS) is 18.2. The van der Waals surface area contributed by atoms with Crippen LogP contribution in [0.2, 0.25) is 0 Å². The van der Waals surface area contributed by atoms with E-state index in [-0.39, 0.29) is 24.6 Å². The standard InChI is InChI=1S/C23H26F3N5O2/c1-5-29(3)20-11-18(23(24,25)26)17(12-27)21(28-20)31-13-16(32)10-19(31)22(33)30(4)15-8-6-7-14(2)9-15/h6-9,11,16,19,32H,5,10,13H2,1-4H3. The monoisotopic (exact) mass is 461 g/mol. The zero-order valence-electron chi connectivity index (χ0n) is 18.9. The van der Waals surface area contributed by atoms with Gasteiger partial charge in [0.25, 0.3) is 0 Å². The summed E-state index contributed by atoms with van der Waals surface area (Å²) < 4.78 is 41.5. The fourth-order valence-electron chi connectivity index (χ4n) is 3.89. The SMILES string of the molecule is CCN(C)c1cc(C(F)(F)F)c(C#N)c(N2CC(O)CC2C(=O)N(C)c2cccc(C)c2)n1. The average molecular weight is 461 g/mol. The number of likely N-dealkylation sites (N-methyl/N-ethyl adjacent to an activating group) is 1. The minimum Gasteiger partial charge on any atom is -0.391 e. The third kappa shape index (κ3) is 4.88. The fraction of sp³-hybridized carbons (Fsp3) is 0.435. The Labute approximate surface area is 190 Å². The van der Waals surface area contributed by atoms with Crippen molar-refractivity contribution in [1.82, 2.24) is 4.98 Å². The van der Waals surface area contributed by atoms with Crippen LogP contribution in [-0.2, 0) is 11.0 Å². The molecule has 2 aromatic rings. The van der Waals surface area contributed by atoms with Crippen molar-refractivity contribution in [1.29, 1.82) is 5.26 Å². The molecular weight excluding hydrogens is 435 g/mol. The Morgan fingerprint density at radius 1 is 1.33 bits per heavy atom. The third-order valence-electron chi connectivity index (χ3n) is 5.83. The second-order valence-electron chi connectivity index (χ2n) is 8.14. The van der Waals surface area contributed by atoms with Gasteiger partial charge in [0.05, 0.1) is 11.7 Å². The van der Waals surface area contributed by atoms with Crippen LogP contribution < -0.4 is 14.7 Å². The first-order valence-electron chi connectivity index (χ1n) is 10.5. The lowest BCUT2D eigenvalue weighted by atomic mass is 10.1. The number of rotatable bonds is 5. The zero-order valence-corrected chi connectivity index (χ0v) is 18.9. The van der Waals surface area contributed by atoms with Gasteiger partial charge in [-0.05, 0) is 37.6 Å². The number of hydrogen-bond acceptors (Lipinski definition) is 6. The number of carbonyl (C=O) groups excluding carboxylic acids is 1. The van der Waals surface area contributed by atoms with Crippen LogP contribution in [0.15, 0.2) is 30.3 Å². The summed E-state index contributed by atoms with van der Waals surface area (Å²) in [6.07, 6.45) is -5.74. The number of β-amino-alcohol motifs (C(OH)–C–C–N with tert-alkyl or cyclic N) is 1. The van der Waals surface area contributed by atoms with Gasteiger partial charge in [-0.3, -0.25) is 4.79 Å². The molecule has 1 aliphatic heterocycles. The van der Waals surface area contributed by atoms with Gasteiger partial charge >= 0.3 is 6.18 Å². The molecule has 1 aliphatic rings. The van der Waals surface area contributed by atoms with Gasteiger partial charge in [0.1, 0.15) is 29.3 Å². The summed E-state index contributed by atoms with van der Waals surface area (Å²) in [5.41, 5.74) is -0.231. The summed E-state index contributed by atoms with van der Waals surface area (Å²) in [6.45, 7) is 3.91. The van der Waals surface area contributed by atoms with Crippen LogP contribution in [0.3, 0.4) is 0 Å². The summed E-state index contributed by atoms with van der Waals surface area (Å²) in [5, 5.41) is 20.0. The maximum atomic E-state index is 13.8. The van der Waals surface area contributed by atoms with Gasteiger partial charge in [-0.1, -0.05) is 12.1 Å². The van der Waals surface area contributed by atoms with Crippen molar-refractivity contribution in [2.24, 2.45) is 0 Å². The molecule has 10 heteroatoms. The molecule has 0 saturated carbocycles. The van der Waals surface area contributed by atoms with Crippen molar-refractivity contribution < 1.29 is 23.1 Å². The highest BCUT2D eigenvalue weighted by atomic mass is 19.4. The molecule has 33 heavy (non-hydrogen) atoms. The first-order valence-corrected chi connectivity index (χ1v) is 10.5. The number of nitriles is 1. The molecule has 1 N–H and O–H groups in total. The van der Waals surface area contributed by atoms with Crippen LogP contribution in [0.25, 0.3) is 0 Å². The van der Waals surface area contributed by atoms with E-state index in [9.17, 15) is 28.3 Å². The molecular formula is C23H26F3N5O2. The maximum Gasteiger partial charge on any atom is 0.417 e. The van der Waals surface area contributed by atoms with E-state index in [0.29, 0.717) is 12.2 Å². The van der Waals surface area contributed by atoms with Crippen LogP contribution in [0, 0.1) is 18.3 Å². The Morgan fingerprint density at radius 3 is 2.61 bits per heavy atom. The molecule has 0 spiro atoms. The molecule has 176 valence electrons. The predicted molar refractivity (Wildman–Crippen MR) is 119 cm³/mol. The highest BCUT2D eigenvalue weighted by Gasteiger charge is 2.43. The highest BCUT2D eigenvalue weighted by molar-refractivity contribution is 5.99. The molecule has 0 bridgehead atoms. The number of carbonyl (C=O) groups is 1. The number of aromatic nitrogens is 1. The molecule has 1 amide bonds. The minimum atomic E-state index is -4.79. The van der Waals surface area contributed by atoms with Crippen LogP contribution in [0.1, 0.15) is 30.0 Å². The Balaban J connectivity index is 2.11. The summed E-state index contributed by atoms with van der Waals surface area (Å²) in [5.74, 6) is -0.640. The smallest absolute Gasteiger partial charge is 0.391 e. The quantitative estimate of drug-likeness (QED) is 0.736. The molecule has 7 nitrogen and oxygen atoms in total. The average Bonchev–Trinajstić information content (AvgIpc) is 3.17. The maximum absolute atomic E-state index is 13.8. The largest absolute Gasteiger partial charge is 0.417 e. The number of anilines is 3. The van der Waals surface area contributed by atoms with Crippen LogP contribution in [-0.4, -0.2) is 55.3 Å². The van der Waals surface area contributed by atoms with Gasteiger partial charge < -0.3 is 19.8 Å². The second-order valence-corrected chi connectivity index (χ2v) is 8.14. The number of amides is 1. The molecule has 1 saturated heterocycles. The highest BCUT2D eigenvalue weighted by Crippen LogP contribution is 2.39. The number of hydrogen-bond donors (Lipinski definition) is 1. The number of pyridine rings is 1. The zero-order chi connectivity index (χ0) is 24.5. The lowest BCUT2D eigenvalue weighted by molar-refractivity contribution is -0.137. The van der Waals surface area contributed by atoms with Crippen molar-refractivity contribution in [3.63, 3.8) is 0 Å². The number of aliphatic hydroxyl groups excluding tert-OH is 1. The van der Waals surface area contributed by atoms with E-state index in [2.05, 4.69) is 4.98 Å². The number of benzene rings is 1. The minimum absolute atomic E-state index is 0.0106. The van der Waals surface area contributed by atoms with Gasteiger partial charge in [0.15, 0.2) is 0 Å². The van der Waals surface area contributed by atoms with Crippen LogP contribution in [0.5, 0.6) is 0 Å². The Morgan fingerprint density at radius 2 is 2.03 bits per heavy atom. The lowest BCUT2D eigenvalue weighted by Crippen LogP contribution is -2.45. The van der Waals surface area contributed by atoms with Gasteiger partial charge in [-0.25, -0.2) is 4.98 Å². The van der Waals surface area contributed by atoms with Gasteiger partial charge in [-0.2, -0.15) is 18.4 Å². The van der Waals surface area contributed by atoms with E-state index in [1.807, 2.05) is 19.1 Å². The van der Waals surface area contributed by atoms with Crippen molar-refractivity contribution >= 4 is 23.2 Å². The van der Waals surface area contributed by atoms with Gasteiger partial charge in [0.2, 0.25) is 5.91 Å². The van der Waals surface area contributed by atoms with E-state index in [1.165, 1.54) is 14.7 Å². The van der Waals surface area contributed by atoms with E-state index < -0.39 is 35.4 Å². The number of nitrogens with zero attached hydrogens (tertiary/aromatic N) is 5. The molecule has 1 fully saturated rings. The summed E-state index contributed by atoms with van der Waals surface area (Å²) >= 11 is 0. The van der Waals surface area contributed by atoms with E-state index >= 15 is 0 Å². The Kier molecular flexibility index (Phi) is 6.84. The van der Waals surface area contributed by atoms with Crippen LogP contribution in [0.4, 0.5) is 30.5 Å². The van der Waals surface area contributed by atoms with Gasteiger partial charge in [0, 0.05) is 39.3 Å². The fourth-order valence-corrected chi connectivity index (χ4v) is 3.89. The molecule has 1 aromatic heterocycles. The van der Waals surface area contributed by atoms with Crippen molar-refractivity contribution in [3.05, 3.63) is 47.0 Å². The Hall–Kier alpha value is -3.32. The van der Waals surface area contributed by atoms with E-state index in [1.54, 1.807) is 39.2 Å². The molecule has 1 aromatic carbocycles. The Bertz CT molecular complexity index is 1080. The molecule has 2 heterocycles. The topological polar surface area (TPSA) is 83.7 Å². The van der Waals surface area contributed by atoms with Crippen molar-refractivity contribution in [2.75, 3.05) is 41.9 Å². The number of halogens is 3. The van der Waals surface area contributed by atoms with Crippen molar-refractivity contribution in [2.45, 2.75) is 38.6 Å². The lowest BCUT2D eigenvalue weighted by Gasteiger charge is -2.30. The molecule has 3 rings (SSSR count). The van der Waals surface area contributed by atoms with Crippen LogP contribution >= 0.6 is 0 Å². The number of alkyl halides is 3. The number of aliphatic hydroxyl groups is 1. The van der Waals surface area contributed by atoms with Gasteiger partial charge in [-0.15, -0.1) is 0 Å². The molecule has 2 unspecified atom stereocenters. The second kappa shape index (κ2) is 9.27. The first kappa shape index (κ1) is 24.3. The predicted octanol–water partition coefficient (Wildman–Crippen LogP) is 3.34. The molecule has 0 radical (unpaired) electrons. The van der Waals surface area contributed by atoms with E-state index in [4.69, 9.17) is 0 Å². The van der Waals surface area contributed by atoms with Crippen molar-refractivity contribution in [3.8, 4) is 6.07 Å². The third-order valence-corrected chi connectivity index (χ3v) is 5.83. The van der Waals surface area contributed by atoms with E-state index in [0.717, 1.165) is 11.6 Å².